The zero-order valence-corrected chi connectivity index (χ0v) is 15.4. The lowest BCUT2D eigenvalue weighted by Gasteiger charge is -2.40. The number of carbonyl (C=O) groups is 1. The highest BCUT2D eigenvalue weighted by atomic mass is 19.1. The van der Waals surface area contributed by atoms with Crippen LogP contribution in [0.4, 0.5) is 4.39 Å². The Hall–Kier alpha value is -1.42. The molecule has 2 fully saturated rings. The number of amides is 1. The number of nitrogens with zero attached hydrogens (tertiary/aromatic N) is 1. The van der Waals surface area contributed by atoms with Gasteiger partial charge in [0.05, 0.1) is 6.10 Å². The lowest BCUT2D eigenvalue weighted by atomic mass is 9.76. The number of rotatable bonds is 4. The summed E-state index contributed by atoms with van der Waals surface area (Å²) < 4.78 is 13.0. The summed E-state index contributed by atoms with van der Waals surface area (Å²) in [6.45, 7) is 5.62. The highest BCUT2D eigenvalue weighted by Crippen LogP contribution is 2.41. The van der Waals surface area contributed by atoms with Crippen LogP contribution in [0.25, 0.3) is 0 Å². The normalized spacial score (nSPS) is 21.5. The predicted molar refractivity (Wildman–Crippen MR) is 96.4 cm³/mol. The maximum absolute atomic E-state index is 13.0. The van der Waals surface area contributed by atoms with E-state index in [4.69, 9.17) is 0 Å². The molecule has 1 heterocycles. The third-order valence-electron chi connectivity index (χ3n) is 6.41. The largest absolute Gasteiger partial charge is 0.388 e. The van der Waals surface area contributed by atoms with Gasteiger partial charge >= 0.3 is 0 Å². The fourth-order valence-corrected chi connectivity index (χ4v) is 4.58. The molecule has 1 atom stereocenters. The number of likely N-dealkylation sites (tertiary alicyclic amines) is 1. The number of halogens is 1. The van der Waals surface area contributed by atoms with Crippen LogP contribution in [0.1, 0.15) is 64.0 Å². The molecule has 1 aliphatic heterocycles. The molecule has 1 unspecified atom stereocenters. The minimum absolute atomic E-state index is 0.129. The average Bonchev–Trinajstić information content (AvgIpc) is 3.17. The van der Waals surface area contributed by atoms with Gasteiger partial charge in [0.15, 0.2) is 0 Å². The number of carbonyl (C=O) groups excluding carboxylic acids is 1. The summed E-state index contributed by atoms with van der Waals surface area (Å²) in [6, 6.07) is 6.09. The van der Waals surface area contributed by atoms with E-state index in [0.29, 0.717) is 19.0 Å². The first-order valence-electron chi connectivity index (χ1n) is 9.62. The van der Waals surface area contributed by atoms with E-state index in [-0.39, 0.29) is 23.1 Å². The molecule has 138 valence electrons. The van der Waals surface area contributed by atoms with Crippen molar-refractivity contribution in [2.45, 2.75) is 58.5 Å². The Bertz CT molecular complexity index is 584. The van der Waals surface area contributed by atoms with Crippen molar-refractivity contribution in [3.8, 4) is 0 Å². The van der Waals surface area contributed by atoms with Crippen molar-refractivity contribution >= 4 is 5.91 Å². The molecule has 0 spiro atoms. The minimum atomic E-state index is -0.583. The first-order valence-corrected chi connectivity index (χ1v) is 9.62. The minimum Gasteiger partial charge on any atom is -0.388 e. The Kier molecular flexibility index (Phi) is 5.47. The van der Waals surface area contributed by atoms with E-state index in [0.717, 1.165) is 18.4 Å². The number of benzene rings is 1. The first-order chi connectivity index (χ1) is 11.9. The fourth-order valence-electron chi connectivity index (χ4n) is 4.58. The van der Waals surface area contributed by atoms with Crippen molar-refractivity contribution in [1.29, 1.82) is 0 Å². The predicted octanol–water partition coefficient (Wildman–Crippen LogP) is 4.31. The summed E-state index contributed by atoms with van der Waals surface area (Å²) >= 11 is 0. The van der Waals surface area contributed by atoms with Crippen molar-refractivity contribution in [1.82, 2.24) is 4.90 Å². The number of hydrogen-bond donors (Lipinski definition) is 1. The van der Waals surface area contributed by atoms with Crippen LogP contribution >= 0.6 is 0 Å². The van der Waals surface area contributed by atoms with E-state index in [1.54, 1.807) is 12.1 Å². The summed E-state index contributed by atoms with van der Waals surface area (Å²) in [5.41, 5.74) is 0.483. The molecular weight excluding hydrogens is 317 g/mol. The zero-order valence-electron chi connectivity index (χ0n) is 15.4. The van der Waals surface area contributed by atoms with Crippen molar-refractivity contribution < 1.29 is 14.3 Å². The van der Waals surface area contributed by atoms with E-state index < -0.39 is 6.10 Å². The Morgan fingerprint density at radius 3 is 2.24 bits per heavy atom. The molecule has 25 heavy (non-hydrogen) atoms. The van der Waals surface area contributed by atoms with Gasteiger partial charge < -0.3 is 10.0 Å². The molecule has 1 aromatic carbocycles. The Balaban J connectivity index is 1.57. The first kappa shape index (κ1) is 18.4. The molecule has 3 rings (SSSR count). The van der Waals surface area contributed by atoms with E-state index in [1.807, 2.05) is 4.90 Å². The van der Waals surface area contributed by atoms with Crippen molar-refractivity contribution in [3.05, 3.63) is 35.6 Å². The lowest BCUT2D eigenvalue weighted by Crippen LogP contribution is -2.48. The summed E-state index contributed by atoms with van der Waals surface area (Å²) in [7, 11) is 0. The van der Waals surface area contributed by atoms with Gasteiger partial charge in [-0.2, -0.15) is 0 Å². The number of aliphatic hydroxyl groups is 1. The molecule has 3 nitrogen and oxygen atoms in total. The zero-order chi connectivity index (χ0) is 18.0. The molecule has 0 bridgehead atoms. The van der Waals surface area contributed by atoms with Gasteiger partial charge in [-0.15, -0.1) is 0 Å². The summed E-state index contributed by atoms with van der Waals surface area (Å²) in [5, 5.41) is 10.6. The van der Waals surface area contributed by atoms with Gasteiger partial charge in [0, 0.05) is 18.5 Å². The summed E-state index contributed by atoms with van der Waals surface area (Å²) in [5.74, 6) is 0.617. The molecule has 1 aliphatic carbocycles. The maximum atomic E-state index is 13.0. The molecule has 0 aromatic heterocycles. The Morgan fingerprint density at radius 2 is 1.68 bits per heavy atom. The molecule has 0 radical (unpaired) electrons. The van der Waals surface area contributed by atoms with Crippen molar-refractivity contribution in [3.63, 3.8) is 0 Å². The Labute approximate surface area is 150 Å². The highest BCUT2D eigenvalue weighted by Gasteiger charge is 2.41. The SMILES string of the molecule is CC(C)(C(=O)N1CCC(C(O)c2ccc(F)cc2)CC1)C1CCCC1. The van der Waals surface area contributed by atoms with Gasteiger partial charge in [-0.25, -0.2) is 4.39 Å². The molecule has 2 aliphatic rings. The maximum Gasteiger partial charge on any atom is 0.228 e. The van der Waals surface area contributed by atoms with Gasteiger partial charge in [0.25, 0.3) is 0 Å². The molecule has 1 amide bonds. The molecular formula is C21H30FNO2. The van der Waals surface area contributed by atoms with Crippen LogP contribution in [-0.4, -0.2) is 29.0 Å². The van der Waals surface area contributed by atoms with Crippen LogP contribution in [0.5, 0.6) is 0 Å². The van der Waals surface area contributed by atoms with E-state index in [1.165, 1.54) is 37.8 Å². The highest BCUT2D eigenvalue weighted by molar-refractivity contribution is 5.82. The van der Waals surface area contributed by atoms with E-state index >= 15 is 0 Å². The topological polar surface area (TPSA) is 40.5 Å². The average molecular weight is 347 g/mol. The van der Waals surface area contributed by atoms with Crippen molar-refractivity contribution in [2.75, 3.05) is 13.1 Å². The van der Waals surface area contributed by atoms with Crippen LogP contribution in [-0.2, 0) is 4.79 Å². The smallest absolute Gasteiger partial charge is 0.228 e. The van der Waals surface area contributed by atoms with Gasteiger partial charge in [-0.05, 0) is 55.2 Å². The molecule has 4 heteroatoms. The van der Waals surface area contributed by atoms with Crippen LogP contribution < -0.4 is 0 Å². The lowest BCUT2D eigenvalue weighted by molar-refractivity contribution is -0.145. The second-order valence-corrected chi connectivity index (χ2v) is 8.33. The molecule has 1 N–H and O–H groups in total. The van der Waals surface area contributed by atoms with Gasteiger partial charge in [0.1, 0.15) is 5.82 Å². The quantitative estimate of drug-likeness (QED) is 0.881. The molecule has 1 saturated carbocycles. The fraction of sp³-hybridized carbons (Fsp3) is 0.667. The number of aliphatic hydroxyl groups excluding tert-OH is 1. The van der Waals surface area contributed by atoms with Crippen LogP contribution in [0.2, 0.25) is 0 Å². The van der Waals surface area contributed by atoms with Gasteiger partial charge in [-0.1, -0.05) is 38.8 Å². The van der Waals surface area contributed by atoms with Gasteiger partial charge in [-0.3, -0.25) is 4.79 Å². The van der Waals surface area contributed by atoms with Crippen LogP contribution in [0.3, 0.4) is 0 Å². The molecule has 1 saturated heterocycles. The van der Waals surface area contributed by atoms with E-state index in [2.05, 4.69) is 13.8 Å². The standard InChI is InChI=1S/C21H30FNO2/c1-21(2,17-5-3-4-6-17)20(25)23-13-11-16(12-14-23)19(24)15-7-9-18(22)10-8-15/h7-10,16-17,19,24H,3-6,11-14H2,1-2H3. The summed E-state index contributed by atoms with van der Waals surface area (Å²) in [6.07, 6.45) is 5.83. The summed E-state index contributed by atoms with van der Waals surface area (Å²) in [4.78, 5) is 15.0. The van der Waals surface area contributed by atoms with Gasteiger partial charge in [0.2, 0.25) is 5.91 Å². The molecule has 1 aromatic rings. The third-order valence-corrected chi connectivity index (χ3v) is 6.41. The van der Waals surface area contributed by atoms with Crippen LogP contribution in [0, 0.1) is 23.1 Å². The second kappa shape index (κ2) is 7.45. The van der Waals surface area contributed by atoms with E-state index in [9.17, 15) is 14.3 Å². The number of hydrogen-bond acceptors (Lipinski definition) is 2. The van der Waals surface area contributed by atoms with Crippen molar-refractivity contribution in [2.24, 2.45) is 17.3 Å². The monoisotopic (exact) mass is 347 g/mol. The Morgan fingerprint density at radius 1 is 1.12 bits per heavy atom. The second-order valence-electron chi connectivity index (χ2n) is 8.33. The number of piperidine rings is 1. The third kappa shape index (κ3) is 3.89. The van der Waals surface area contributed by atoms with Crippen LogP contribution in [0.15, 0.2) is 24.3 Å².